The summed E-state index contributed by atoms with van der Waals surface area (Å²) in [6, 6.07) is 30.2. The van der Waals surface area contributed by atoms with E-state index in [0.717, 1.165) is 6.16 Å². The van der Waals surface area contributed by atoms with Gasteiger partial charge in [-0.1, -0.05) is 84.9 Å². The Hall–Kier alpha value is -1.95. The molecule has 0 atom stereocenters. The quantitative estimate of drug-likeness (QED) is 0.713. The fourth-order valence-corrected chi connectivity index (χ4v) is 5.01. The third kappa shape index (κ3) is 3.44. The molecule has 2 N–H and O–H groups in total. The van der Waals surface area contributed by atoms with E-state index in [1.165, 1.54) is 21.7 Å². The van der Waals surface area contributed by atoms with Crippen LogP contribution in [0.25, 0.3) is 0 Å². The lowest BCUT2D eigenvalue weighted by Crippen LogP contribution is -2.14. The van der Waals surface area contributed by atoms with Gasteiger partial charge in [-0.05, 0) is 29.7 Å². The first kappa shape index (κ1) is 15.0. The molecule has 2 heteroatoms. The van der Waals surface area contributed by atoms with Gasteiger partial charge in [-0.2, -0.15) is 0 Å². The maximum absolute atomic E-state index is 5.91. The van der Waals surface area contributed by atoms with Crippen molar-refractivity contribution in [2.45, 2.75) is 12.7 Å². The van der Waals surface area contributed by atoms with Crippen molar-refractivity contribution < 1.29 is 0 Å². The van der Waals surface area contributed by atoms with E-state index in [0.29, 0.717) is 6.54 Å². The lowest BCUT2D eigenvalue weighted by molar-refractivity contribution is 1.04. The number of hydrogen-bond acceptors (Lipinski definition) is 1. The standard InChI is InChI=1S/C20H20NP/c21-15-17-9-7-8-10-18(17)16-22(19-11-3-1-4-12-19)20-13-5-2-6-14-20/h1-14H,15-16,21H2. The van der Waals surface area contributed by atoms with Gasteiger partial charge in [0.15, 0.2) is 0 Å². The van der Waals surface area contributed by atoms with E-state index in [2.05, 4.69) is 84.9 Å². The third-order valence-electron chi connectivity index (χ3n) is 3.80. The summed E-state index contributed by atoms with van der Waals surface area (Å²) < 4.78 is 0. The highest BCUT2D eigenvalue weighted by Gasteiger charge is 2.15. The van der Waals surface area contributed by atoms with Crippen molar-refractivity contribution in [1.82, 2.24) is 0 Å². The molecule has 1 nitrogen and oxygen atoms in total. The van der Waals surface area contributed by atoms with Crippen LogP contribution in [-0.2, 0) is 12.7 Å². The van der Waals surface area contributed by atoms with Crippen LogP contribution in [0.4, 0.5) is 0 Å². The molecule has 0 heterocycles. The molecule has 0 spiro atoms. The van der Waals surface area contributed by atoms with E-state index in [9.17, 15) is 0 Å². The summed E-state index contributed by atoms with van der Waals surface area (Å²) in [4.78, 5) is 0. The van der Waals surface area contributed by atoms with Gasteiger partial charge in [0, 0.05) is 12.7 Å². The fraction of sp³-hybridized carbons (Fsp3) is 0.100. The van der Waals surface area contributed by atoms with E-state index >= 15 is 0 Å². The first-order valence-corrected chi connectivity index (χ1v) is 9.05. The van der Waals surface area contributed by atoms with Crippen LogP contribution < -0.4 is 16.3 Å². The van der Waals surface area contributed by atoms with Crippen molar-refractivity contribution in [1.29, 1.82) is 0 Å². The second-order valence-electron chi connectivity index (χ2n) is 5.23. The van der Waals surface area contributed by atoms with Gasteiger partial charge in [0.1, 0.15) is 0 Å². The molecule has 3 aromatic rings. The number of benzene rings is 3. The van der Waals surface area contributed by atoms with Crippen molar-refractivity contribution in [2.24, 2.45) is 5.73 Å². The van der Waals surface area contributed by atoms with Gasteiger partial charge in [-0.25, -0.2) is 0 Å². The summed E-state index contributed by atoms with van der Waals surface area (Å²) in [5, 5.41) is 2.83. The van der Waals surface area contributed by atoms with Crippen LogP contribution in [0.15, 0.2) is 84.9 Å². The van der Waals surface area contributed by atoms with Crippen LogP contribution in [-0.4, -0.2) is 0 Å². The lowest BCUT2D eigenvalue weighted by Gasteiger charge is -2.20. The predicted octanol–water partition coefficient (Wildman–Crippen LogP) is 3.78. The molecule has 3 rings (SSSR count). The molecule has 110 valence electrons. The normalized spacial score (nSPS) is 10.8. The summed E-state index contributed by atoms with van der Waals surface area (Å²) in [5.41, 5.74) is 8.53. The van der Waals surface area contributed by atoms with Crippen molar-refractivity contribution in [3.05, 3.63) is 96.1 Å². The Balaban J connectivity index is 1.99. The molecule has 0 aliphatic heterocycles. The maximum atomic E-state index is 5.91. The summed E-state index contributed by atoms with van der Waals surface area (Å²) in [6.45, 7) is 0.600. The molecule has 0 saturated carbocycles. The first-order chi connectivity index (χ1) is 10.9. The van der Waals surface area contributed by atoms with Crippen molar-refractivity contribution in [2.75, 3.05) is 0 Å². The van der Waals surface area contributed by atoms with E-state index in [4.69, 9.17) is 5.73 Å². The summed E-state index contributed by atoms with van der Waals surface area (Å²) in [6.07, 6.45) is 1.04. The van der Waals surface area contributed by atoms with Crippen molar-refractivity contribution >= 4 is 18.5 Å². The first-order valence-electron chi connectivity index (χ1n) is 7.53. The molecule has 0 amide bonds. The van der Waals surface area contributed by atoms with Gasteiger partial charge < -0.3 is 5.73 Å². The van der Waals surface area contributed by atoms with Crippen LogP contribution in [0.1, 0.15) is 11.1 Å². The topological polar surface area (TPSA) is 26.0 Å². The maximum Gasteiger partial charge on any atom is 0.0180 e. The highest BCUT2D eigenvalue weighted by Crippen LogP contribution is 2.38. The molecular formula is C20H20NP. The van der Waals surface area contributed by atoms with Crippen LogP contribution >= 0.6 is 7.92 Å². The molecule has 0 bridgehead atoms. The average Bonchev–Trinajstić information content (AvgIpc) is 2.61. The van der Waals surface area contributed by atoms with Crippen LogP contribution in [0.2, 0.25) is 0 Å². The van der Waals surface area contributed by atoms with Crippen molar-refractivity contribution in [3.8, 4) is 0 Å². The SMILES string of the molecule is NCc1ccccc1CP(c1ccccc1)c1ccccc1. The van der Waals surface area contributed by atoms with Gasteiger partial charge in [0.05, 0.1) is 0 Å². The zero-order valence-electron chi connectivity index (χ0n) is 12.5. The molecule has 0 fully saturated rings. The lowest BCUT2D eigenvalue weighted by atomic mass is 10.1. The van der Waals surface area contributed by atoms with E-state index in [1.807, 2.05) is 0 Å². The van der Waals surface area contributed by atoms with Gasteiger partial charge in [0.25, 0.3) is 0 Å². The molecule has 0 aliphatic carbocycles. The molecule has 0 aromatic heterocycles. The summed E-state index contributed by atoms with van der Waals surface area (Å²) in [7, 11) is -0.405. The van der Waals surface area contributed by atoms with E-state index in [1.54, 1.807) is 0 Å². The minimum Gasteiger partial charge on any atom is -0.326 e. The highest BCUT2D eigenvalue weighted by molar-refractivity contribution is 7.72. The minimum absolute atomic E-state index is 0.405. The van der Waals surface area contributed by atoms with Crippen LogP contribution in [0, 0.1) is 0 Å². The van der Waals surface area contributed by atoms with Gasteiger partial charge in [0.2, 0.25) is 0 Å². The fourth-order valence-electron chi connectivity index (χ4n) is 2.63. The molecular weight excluding hydrogens is 285 g/mol. The second-order valence-corrected chi connectivity index (χ2v) is 7.44. The zero-order chi connectivity index (χ0) is 15.2. The predicted molar refractivity (Wildman–Crippen MR) is 97.1 cm³/mol. The van der Waals surface area contributed by atoms with E-state index < -0.39 is 7.92 Å². The second kappa shape index (κ2) is 7.35. The van der Waals surface area contributed by atoms with Crippen LogP contribution in [0.3, 0.4) is 0 Å². The molecule has 0 saturated heterocycles. The van der Waals surface area contributed by atoms with Crippen LogP contribution in [0.5, 0.6) is 0 Å². The number of hydrogen-bond donors (Lipinski definition) is 1. The highest BCUT2D eigenvalue weighted by atomic mass is 31.1. The molecule has 22 heavy (non-hydrogen) atoms. The Morgan fingerprint density at radius 1 is 0.591 bits per heavy atom. The Bertz CT molecular complexity index is 671. The molecule has 0 unspecified atom stereocenters. The molecule has 0 radical (unpaired) electrons. The van der Waals surface area contributed by atoms with Gasteiger partial charge in [-0.15, -0.1) is 0 Å². The number of rotatable bonds is 5. The smallest absolute Gasteiger partial charge is 0.0180 e. The monoisotopic (exact) mass is 305 g/mol. The Labute approximate surface area is 133 Å². The largest absolute Gasteiger partial charge is 0.326 e. The van der Waals surface area contributed by atoms with Gasteiger partial charge >= 0.3 is 0 Å². The Morgan fingerprint density at radius 3 is 1.55 bits per heavy atom. The number of nitrogens with two attached hydrogens (primary N) is 1. The van der Waals surface area contributed by atoms with E-state index in [-0.39, 0.29) is 0 Å². The van der Waals surface area contributed by atoms with Gasteiger partial charge in [-0.3, -0.25) is 0 Å². The third-order valence-corrected chi connectivity index (χ3v) is 6.30. The minimum atomic E-state index is -0.405. The summed E-state index contributed by atoms with van der Waals surface area (Å²) in [5.74, 6) is 0. The molecule has 3 aromatic carbocycles. The Morgan fingerprint density at radius 2 is 1.05 bits per heavy atom. The summed E-state index contributed by atoms with van der Waals surface area (Å²) >= 11 is 0. The Kier molecular flexibility index (Phi) is 5.00. The zero-order valence-corrected chi connectivity index (χ0v) is 13.4. The average molecular weight is 305 g/mol. The molecule has 0 aliphatic rings. The van der Waals surface area contributed by atoms with Crippen molar-refractivity contribution in [3.63, 3.8) is 0 Å².